The molecule has 0 aliphatic heterocycles. The molecule has 92 valence electrons. The van der Waals surface area contributed by atoms with Crippen LogP contribution in [-0.2, 0) is 0 Å². The molecule has 3 N–H and O–H groups in total. The second-order valence-corrected chi connectivity index (χ2v) is 5.23. The van der Waals surface area contributed by atoms with Crippen LogP contribution >= 0.6 is 28.1 Å². The number of pyridine rings is 1. The van der Waals surface area contributed by atoms with Crippen LogP contribution in [0.15, 0.2) is 41.1 Å². The van der Waals surface area contributed by atoms with Crippen LogP contribution in [0.5, 0.6) is 0 Å². The zero-order valence-electron chi connectivity index (χ0n) is 9.77. The summed E-state index contributed by atoms with van der Waals surface area (Å²) in [6.45, 7) is 2.02. The van der Waals surface area contributed by atoms with Crippen molar-refractivity contribution in [1.29, 1.82) is 0 Å². The lowest BCUT2D eigenvalue weighted by molar-refractivity contribution is 1.28. The number of hydrogen-bond acceptors (Lipinski definition) is 3. The predicted molar refractivity (Wildman–Crippen MR) is 82.3 cm³/mol. The van der Waals surface area contributed by atoms with Gasteiger partial charge >= 0.3 is 0 Å². The van der Waals surface area contributed by atoms with Gasteiger partial charge in [-0.15, -0.1) is 0 Å². The number of benzene rings is 1. The Morgan fingerprint density at radius 2 is 2.11 bits per heavy atom. The molecule has 2 rings (SSSR count). The molecule has 0 unspecified atom stereocenters. The lowest BCUT2D eigenvalue weighted by atomic mass is 10.1. The summed E-state index contributed by atoms with van der Waals surface area (Å²) < 4.78 is 0.964. The maximum atomic E-state index is 5.72. The molecule has 0 radical (unpaired) electrons. The SMILES string of the molecule is Cc1ccncc1Nc1cc(Br)ccc1C(N)=S. The summed E-state index contributed by atoms with van der Waals surface area (Å²) in [5.74, 6) is 0. The average Bonchev–Trinajstić information content (AvgIpc) is 2.32. The fourth-order valence-corrected chi connectivity index (χ4v) is 2.11. The minimum absolute atomic E-state index is 0.367. The van der Waals surface area contributed by atoms with Gasteiger partial charge in [-0.2, -0.15) is 0 Å². The van der Waals surface area contributed by atoms with E-state index in [-0.39, 0.29) is 0 Å². The molecule has 0 bridgehead atoms. The molecule has 0 aliphatic carbocycles. The second kappa shape index (κ2) is 5.46. The number of aromatic nitrogens is 1. The topological polar surface area (TPSA) is 50.9 Å². The first-order chi connectivity index (χ1) is 8.58. The van der Waals surface area contributed by atoms with Crippen molar-refractivity contribution < 1.29 is 0 Å². The molecule has 1 aromatic carbocycles. The normalized spacial score (nSPS) is 10.1. The number of thiocarbonyl (C=S) groups is 1. The van der Waals surface area contributed by atoms with E-state index >= 15 is 0 Å². The van der Waals surface area contributed by atoms with Gasteiger partial charge in [0.15, 0.2) is 0 Å². The molecule has 18 heavy (non-hydrogen) atoms. The van der Waals surface area contributed by atoms with Crippen molar-refractivity contribution in [2.45, 2.75) is 6.92 Å². The Kier molecular flexibility index (Phi) is 3.93. The quantitative estimate of drug-likeness (QED) is 0.849. The highest BCUT2D eigenvalue weighted by molar-refractivity contribution is 9.10. The van der Waals surface area contributed by atoms with Crippen molar-refractivity contribution in [3.8, 4) is 0 Å². The lowest BCUT2D eigenvalue weighted by Gasteiger charge is -2.13. The number of aryl methyl sites for hydroxylation is 1. The summed E-state index contributed by atoms with van der Waals surface area (Å²) >= 11 is 8.49. The van der Waals surface area contributed by atoms with Crippen LogP contribution < -0.4 is 11.1 Å². The van der Waals surface area contributed by atoms with Crippen molar-refractivity contribution in [1.82, 2.24) is 4.98 Å². The van der Waals surface area contributed by atoms with Crippen LogP contribution in [0, 0.1) is 6.92 Å². The summed E-state index contributed by atoms with van der Waals surface area (Å²) in [5.41, 5.74) is 9.45. The smallest absolute Gasteiger partial charge is 0.106 e. The highest BCUT2D eigenvalue weighted by Gasteiger charge is 2.07. The summed E-state index contributed by atoms with van der Waals surface area (Å²) in [6.07, 6.45) is 3.54. The fraction of sp³-hybridized carbons (Fsp3) is 0.0769. The predicted octanol–water partition coefficient (Wildman–Crippen LogP) is 3.53. The number of nitrogens with two attached hydrogens (primary N) is 1. The summed E-state index contributed by atoms with van der Waals surface area (Å²) in [7, 11) is 0. The van der Waals surface area contributed by atoms with E-state index in [0.717, 1.165) is 27.0 Å². The number of hydrogen-bond donors (Lipinski definition) is 2. The lowest BCUT2D eigenvalue weighted by Crippen LogP contribution is -2.12. The van der Waals surface area contributed by atoms with Crippen LogP contribution in [0.1, 0.15) is 11.1 Å². The number of rotatable bonds is 3. The van der Waals surface area contributed by atoms with E-state index in [4.69, 9.17) is 18.0 Å². The third-order valence-electron chi connectivity index (χ3n) is 2.56. The summed E-state index contributed by atoms with van der Waals surface area (Å²) in [4.78, 5) is 4.47. The highest BCUT2D eigenvalue weighted by Crippen LogP contribution is 2.26. The molecular weight excluding hydrogens is 310 g/mol. The van der Waals surface area contributed by atoms with Crippen molar-refractivity contribution in [2.24, 2.45) is 5.73 Å². The van der Waals surface area contributed by atoms with E-state index in [0.29, 0.717) is 4.99 Å². The molecule has 0 amide bonds. The molecule has 0 atom stereocenters. The molecule has 0 spiro atoms. The maximum absolute atomic E-state index is 5.72. The molecule has 1 heterocycles. The van der Waals surface area contributed by atoms with Gasteiger partial charge in [-0.1, -0.05) is 28.1 Å². The zero-order valence-corrected chi connectivity index (χ0v) is 12.2. The number of halogens is 1. The zero-order chi connectivity index (χ0) is 13.1. The van der Waals surface area contributed by atoms with E-state index in [1.807, 2.05) is 31.2 Å². The molecular formula is C13H12BrN3S. The van der Waals surface area contributed by atoms with Gasteiger partial charge in [0, 0.05) is 21.9 Å². The van der Waals surface area contributed by atoms with Crippen molar-refractivity contribution >= 4 is 44.5 Å². The number of nitrogens with one attached hydrogen (secondary N) is 1. The second-order valence-electron chi connectivity index (χ2n) is 3.87. The van der Waals surface area contributed by atoms with Gasteiger partial charge in [-0.05, 0) is 36.8 Å². The largest absolute Gasteiger partial charge is 0.389 e. The van der Waals surface area contributed by atoms with Gasteiger partial charge in [0.1, 0.15) is 4.99 Å². The Balaban J connectivity index is 2.42. The standard InChI is InChI=1S/C13H12BrN3S/c1-8-4-5-16-7-12(8)17-11-6-9(14)2-3-10(11)13(15)18/h2-7,17H,1H3,(H2,15,18). The summed E-state index contributed by atoms with van der Waals surface area (Å²) in [5, 5.41) is 3.30. The van der Waals surface area contributed by atoms with Crippen molar-refractivity contribution in [3.05, 3.63) is 52.3 Å². The first kappa shape index (κ1) is 13.0. The molecule has 0 fully saturated rings. The minimum atomic E-state index is 0.367. The van der Waals surface area contributed by atoms with Crippen LogP contribution in [0.2, 0.25) is 0 Å². The summed E-state index contributed by atoms with van der Waals surface area (Å²) in [6, 6.07) is 7.69. The van der Waals surface area contributed by atoms with Gasteiger partial charge < -0.3 is 11.1 Å². The Morgan fingerprint density at radius 1 is 1.33 bits per heavy atom. The molecule has 0 saturated heterocycles. The van der Waals surface area contributed by atoms with E-state index in [1.165, 1.54) is 0 Å². The van der Waals surface area contributed by atoms with E-state index in [1.54, 1.807) is 12.4 Å². The van der Waals surface area contributed by atoms with Crippen LogP contribution in [0.25, 0.3) is 0 Å². The van der Waals surface area contributed by atoms with Gasteiger partial charge in [0.25, 0.3) is 0 Å². The van der Waals surface area contributed by atoms with Gasteiger partial charge in [0.05, 0.1) is 11.9 Å². The molecule has 0 aliphatic rings. The molecule has 2 aromatic rings. The van der Waals surface area contributed by atoms with Gasteiger partial charge in [-0.3, -0.25) is 4.98 Å². The van der Waals surface area contributed by atoms with E-state index in [2.05, 4.69) is 26.2 Å². The Hall–Kier alpha value is -1.46. The Bertz CT molecular complexity index is 599. The fourth-order valence-electron chi connectivity index (χ4n) is 1.57. The van der Waals surface area contributed by atoms with Crippen LogP contribution in [0.4, 0.5) is 11.4 Å². The number of anilines is 2. The Labute approximate surface area is 120 Å². The third-order valence-corrected chi connectivity index (χ3v) is 3.27. The molecule has 5 heteroatoms. The minimum Gasteiger partial charge on any atom is -0.389 e. The number of nitrogens with zero attached hydrogens (tertiary/aromatic N) is 1. The van der Waals surface area contributed by atoms with Crippen molar-refractivity contribution in [2.75, 3.05) is 5.32 Å². The van der Waals surface area contributed by atoms with E-state index < -0.39 is 0 Å². The van der Waals surface area contributed by atoms with E-state index in [9.17, 15) is 0 Å². The van der Waals surface area contributed by atoms with Gasteiger partial charge in [-0.25, -0.2) is 0 Å². The molecule has 0 saturated carbocycles. The first-order valence-electron chi connectivity index (χ1n) is 5.35. The van der Waals surface area contributed by atoms with Crippen LogP contribution in [0.3, 0.4) is 0 Å². The molecule has 3 nitrogen and oxygen atoms in total. The van der Waals surface area contributed by atoms with Crippen LogP contribution in [-0.4, -0.2) is 9.97 Å². The monoisotopic (exact) mass is 321 g/mol. The van der Waals surface area contributed by atoms with Crippen molar-refractivity contribution in [3.63, 3.8) is 0 Å². The molecule has 1 aromatic heterocycles. The Morgan fingerprint density at radius 3 is 2.78 bits per heavy atom. The average molecular weight is 322 g/mol. The maximum Gasteiger partial charge on any atom is 0.106 e. The first-order valence-corrected chi connectivity index (χ1v) is 6.55. The third kappa shape index (κ3) is 2.86. The highest BCUT2D eigenvalue weighted by atomic mass is 79.9. The van der Waals surface area contributed by atoms with Gasteiger partial charge in [0.2, 0.25) is 0 Å².